The number of benzene rings is 1. The van der Waals surface area contributed by atoms with Gasteiger partial charge in [-0.05, 0) is 38.0 Å². The van der Waals surface area contributed by atoms with Crippen LogP contribution in [0.4, 0.5) is 10.1 Å². The number of hydrogen-bond acceptors (Lipinski definition) is 5. The minimum absolute atomic E-state index is 0.142. The smallest absolute Gasteiger partial charge is 0.240 e. The number of nitrogens with one attached hydrogen (secondary N) is 2. The maximum Gasteiger partial charge on any atom is 0.240 e. The molecule has 25 heavy (non-hydrogen) atoms. The van der Waals surface area contributed by atoms with E-state index in [9.17, 15) is 14.3 Å². The van der Waals surface area contributed by atoms with Gasteiger partial charge in [0.05, 0.1) is 25.4 Å². The predicted molar refractivity (Wildman–Crippen MR) is 93.0 cm³/mol. The van der Waals surface area contributed by atoms with E-state index >= 15 is 0 Å². The van der Waals surface area contributed by atoms with Crippen molar-refractivity contribution in [1.82, 2.24) is 10.6 Å². The Balaban J connectivity index is 1.73. The monoisotopic (exact) mass is 351 g/mol. The predicted octanol–water partition coefficient (Wildman–Crippen LogP) is 0.952. The molecule has 0 saturated carbocycles. The summed E-state index contributed by atoms with van der Waals surface area (Å²) < 4.78 is 19.1. The summed E-state index contributed by atoms with van der Waals surface area (Å²) in [7, 11) is 0. The van der Waals surface area contributed by atoms with Crippen LogP contribution in [0.1, 0.15) is 31.4 Å². The van der Waals surface area contributed by atoms with E-state index in [1.807, 2.05) is 6.92 Å². The zero-order valence-electron chi connectivity index (χ0n) is 14.5. The lowest BCUT2D eigenvalue weighted by atomic mass is 10.0. The van der Waals surface area contributed by atoms with Crippen molar-refractivity contribution in [3.8, 4) is 0 Å². The summed E-state index contributed by atoms with van der Waals surface area (Å²) in [5.74, 6) is -0.465. The van der Waals surface area contributed by atoms with Crippen LogP contribution in [-0.4, -0.2) is 56.0 Å². The number of morpholine rings is 1. The van der Waals surface area contributed by atoms with Crippen molar-refractivity contribution in [2.45, 2.75) is 38.0 Å². The first-order valence-corrected chi connectivity index (χ1v) is 8.88. The second kappa shape index (κ2) is 8.12. The molecule has 0 bridgehead atoms. The number of halogens is 1. The maximum absolute atomic E-state index is 13.8. The van der Waals surface area contributed by atoms with Gasteiger partial charge < -0.3 is 25.4 Å². The van der Waals surface area contributed by atoms with Crippen molar-refractivity contribution in [3.63, 3.8) is 0 Å². The van der Waals surface area contributed by atoms with Gasteiger partial charge in [-0.3, -0.25) is 4.79 Å². The third kappa shape index (κ3) is 4.48. The summed E-state index contributed by atoms with van der Waals surface area (Å²) in [6.45, 7) is 4.90. The highest BCUT2D eigenvalue weighted by molar-refractivity contribution is 5.82. The number of anilines is 1. The average Bonchev–Trinajstić information content (AvgIpc) is 2.63. The van der Waals surface area contributed by atoms with Gasteiger partial charge in [-0.2, -0.15) is 0 Å². The molecule has 0 radical (unpaired) electrons. The van der Waals surface area contributed by atoms with Crippen LogP contribution in [0.25, 0.3) is 0 Å². The van der Waals surface area contributed by atoms with Gasteiger partial charge in [0.1, 0.15) is 11.9 Å². The molecule has 7 heteroatoms. The molecular formula is C18H26FN3O3. The first-order chi connectivity index (χ1) is 12.0. The molecule has 3 N–H and O–H groups in total. The van der Waals surface area contributed by atoms with Gasteiger partial charge in [0.15, 0.2) is 0 Å². The van der Waals surface area contributed by atoms with Crippen LogP contribution in [0, 0.1) is 5.82 Å². The summed E-state index contributed by atoms with van der Waals surface area (Å²) >= 11 is 0. The number of hydrogen-bond donors (Lipinski definition) is 3. The molecule has 1 amide bonds. The largest absolute Gasteiger partial charge is 0.393 e. The Morgan fingerprint density at radius 1 is 1.44 bits per heavy atom. The van der Waals surface area contributed by atoms with Crippen LogP contribution in [0.3, 0.4) is 0 Å². The standard InChI is InChI=1S/C18H26FN3O3/c1-12(21-18(24)16-11-25-9-6-20-16)15-10-13(19)2-3-17(15)22-7-4-14(23)5-8-22/h2-3,10,12,14,16,20,23H,4-9,11H2,1H3,(H,21,24)/t12-,16+/m0/s1. The molecule has 0 aliphatic carbocycles. The highest BCUT2D eigenvalue weighted by Crippen LogP contribution is 2.29. The van der Waals surface area contributed by atoms with E-state index in [0.717, 1.165) is 24.3 Å². The Labute approximate surface area is 147 Å². The number of aliphatic hydroxyl groups excluding tert-OH is 1. The Hall–Kier alpha value is -1.70. The quantitative estimate of drug-likeness (QED) is 0.753. The first kappa shape index (κ1) is 18.1. The van der Waals surface area contributed by atoms with Crippen LogP contribution < -0.4 is 15.5 Å². The minimum Gasteiger partial charge on any atom is -0.393 e. The molecule has 2 fully saturated rings. The van der Waals surface area contributed by atoms with Crippen LogP contribution in [0.15, 0.2) is 18.2 Å². The molecule has 2 heterocycles. The summed E-state index contributed by atoms with van der Waals surface area (Å²) in [6, 6.07) is 3.98. The second-order valence-corrected chi connectivity index (χ2v) is 6.73. The van der Waals surface area contributed by atoms with Gasteiger partial charge in [-0.25, -0.2) is 4.39 Å². The molecule has 2 atom stereocenters. The number of carbonyl (C=O) groups is 1. The molecular weight excluding hydrogens is 325 g/mol. The number of ether oxygens (including phenoxy) is 1. The molecule has 1 aromatic rings. The van der Waals surface area contributed by atoms with Crippen molar-refractivity contribution in [2.24, 2.45) is 0 Å². The SMILES string of the molecule is C[C@H](NC(=O)[C@H]1COCCN1)c1cc(F)ccc1N1CCC(O)CC1. The summed E-state index contributed by atoms with van der Waals surface area (Å²) in [5, 5.41) is 15.8. The summed E-state index contributed by atoms with van der Waals surface area (Å²) in [4.78, 5) is 14.5. The molecule has 0 unspecified atom stereocenters. The number of piperidine rings is 1. The molecule has 2 aliphatic heterocycles. The molecule has 2 aliphatic rings. The maximum atomic E-state index is 13.8. The fourth-order valence-electron chi connectivity index (χ4n) is 3.39. The van der Waals surface area contributed by atoms with Crippen molar-refractivity contribution in [3.05, 3.63) is 29.6 Å². The number of nitrogens with zero attached hydrogens (tertiary/aromatic N) is 1. The van der Waals surface area contributed by atoms with E-state index < -0.39 is 0 Å². The van der Waals surface area contributed by atoms with Crippen molar-refractivity contribution in [2.75, 3.05) is 37.7 Å². The van der Waals surface area contributed by atoms with Gasteiger partial charge in [0, 0.05) is 30.9 Å². The fourth-order valence-corrected chi connectivity index (χ4v) is 3.39. The van der Waals surface area contributed by atoms with E-state index in [1.54, 1.807) is 6.07 Å². The number of amides is 1. The second-order valence-electron chi connectivity index (χ2n) is 6.73. The first-order valence-electron chi connectivity index (χ1n) is 8.88. The van der Waals surface area contributed by atoms with E-state index in [-0.39, 0.29) is 29.9 Å². The van der Waals surface area contributed by atoms with Crippen LogP contribution in [0.2, 0.25) is 0 Å². The molecule has 138 valence electrons. The number of rotatable bonds is 4. The lowest BCUT2D eigenvalue weighted by molar-refractivity contribution is -0.126. The van der Waals surface area contributed by atoms with Crippen LogP contribution >= 0.6 is 0 Å². The molecule has 2 saturated heterocycles. The van der Waals surface area contributed by atoms with Gasteiger partial charge in [-0.15, -0.1) is 0 Å². The van der Waals surface area contributed by atoms with Crippen molar-refractivity contribution in [1.29, 1.82) is 0 Å². The average molecular weight is 351 g/mol. The Kier molecular flexibility index (Phi) is 5.88. The lowest BCUT2D eigenvalue weighted by Gasteiger charge is -2.34. The zero-order chi connectivity index (χ0) is 17.8. The van der Waals surface area contributed by atoms with Crippen LogP contribution in [0.5, 0.6) is 0 Å². The van der Waals surface area contributed by atoms with Gasteiger partial charge in [0.2, 0.25) is 5.91 Å². The summed E-state index contributed by atoms with van der Waals surface area (Å²) in [5.41, 5.74) is 1.66. The van der Waals surface area contributed by atoms with Gasteiger partial charge in [0.25, 0.3) is 0 Å². The van der Waals surface area contributed by atoms with Gasteiger partial charge in [-0.1, -0.05) is 0 Å². The molecule has 6 nitrogen and oxygen atoms in total. The minimum atomic E-state index is -0.377. The Morgan fingerprint density at radius 2 is 2.20 bits per heavy atom. The Morgan fingerprint density at radius 3 is 2.88 bits per heavy atom. The molecule has 0 aromatic heterocycles. The van der Waals surface area contributed by atoms with Crippen molar-refractivity contribution < 1.29 is 19.0 Å². The van der Waals surface area contributed by atoms with E-state index in [2.05, 4.69) is 15.5 Å². The molecule has 0 spiro atoms. The third-order valence-electron chi connectivity index (χ3n) is 4.86. The topological polar surface area (TPSA) is 73.8 Å². The lowest BCUT2D eigenvalue weighted by Crippen LogP contribution is -2.51. The highest BCUT2D eigenvalue weighted by atomic mass is 19.1. The highest BCUT2D eigenvalue weighted by Gasteiger charge is 2.25. The van der Waals surface area contributed by atoms with E-state index in [1.165, 1.54) is 12.1 Å². The molecule has 1 aromatic carbocycles. The summed E-state index contributed by atoms with van der Waals surface area (Å²) in [6.07, 6.45) is 1.12. The third-order valence-corrected chi connectivity index (χ3v) is 4.86. The Bertz CT molecular complexity index is 599. The van der Waals surface area contributed by atoms with E-state index in [0.29, 0.717) is 32.6 Å². The van der Waals surface area contributed by atoms with Crippen molar-refractivity contribution >= 4 is 11.6 Å². The van der Waals surface area contributed by atoms with Crippen LogP contribution in [-0.2, 0) is 9.53 Å². The number of carbonyl (C=O) groups excluding carboxylic acids is 1. The normalized spacial score (nSPS) is 23.3. The zero-order valence-corrected chi connectivity index (χ0v) is 14.5. The van der Waals surface area contributed by atoms with Gasteiger partial charge >= 0.3 is 0 Å². The fraction of sp³-hybridized carbons (Fsp3) is 0.611. The van der Waals surface area contributed by atoms with E-state index in [4.69, 9.17) is 4.74 Å². The number of aliphatic hydroxyl groups is 1. The molecule has 3 rings (SSSR count).